The first-order valence-electron chi connectivity index (χ1n) is 13.8. The van der Waals surface area contributed by atoms with Gasteiger partial charge in [-0.05, 0) is 79.5 Å². The first-order chi connectivity index (χ1) is 19.3. The quantitative estimate of drug-likeness (QED) is 0.239. The standard InChI is InChI=1S/C34H31BrN2O3/c1-3-22-9-7-8-12-25(22)27-20-33(32(39)40)15-17-34(27,18-16-33)37-31(38)29-21(2)30(23-10-5-4-6-11-23)36-28-14-13-24(35)19-26(28)29/h4-14,19-20H,3,15-18H2,1-2H3,(H,37,38)(H,39,40). The van der Waals surface area contributed by atoms with Crippen LogP contribution in [0.2, 0.25) is 0 Å². The van der Waals surface area contributed by atoms with Crippen LogP contribution in [0.1, 0.15) is 59.7 Å². The molecule has 0 radical (unpaired) electrons. The molecule has 5 nitrogen and oxygen atoms in total. The normalized spacial score (nSPS) is 21.7. The van der Waals surface area contributed by atoms with Crippen LogP contribution < -0.4 is 5.32 Å². The van der Waals surface area contributed by atoms with Crippen molar-refractivity contribution in [3.63, 3.8) is 0 Å². The fourth-order valence-electron chi connectivity index (χ4n) is 6.63. The summed E-state index contributed by atoms with van der Waals surface area (Å²) in [7, 11) is 0. The van der Waals surface area contributed by atoms with Crippen molar-refractivity contribution < 1.29 is 14.7 Å². The topological polar surface area (TPSA) is 79.3 Å². The van der Waals surface area contributed by atoms with Crippen LogP contribution in [0.15, 0.2) is 83.3 Å². The van der Waals surface area contributed by atoms with Gasteiger partial charge in [0.1, 0.15) is 0 Å². The van der Waals surface area contributed by atoms with Gasteiger partial charge in [-0.25, -0.2) is 4.98 Å². The molecule has 0 unspecified atom stereocenters. The second-order valence-electron chi connectivity index (χ2n) is 11.1. The summed E-state index contributed by atoms with van der Waals surface area (Å²) in [4.78, 5) is 31.9. The van der Waals surface area contributed by atoms with E-state index in [9.17, 15) is 14.7 Å². The van der Waals surface area contributed by atoms with Crippen molar-refractivity contribution in [3.8, 4) is 11.3 Å². The maximum Gasteiger partial charge on any atom is 0.313 e. The number of nitrogens with zero attached hydrogens (tertiary/aromatic N) is 1. The van der Waals surface area contributed by atoms with Crippen molar-refractivity contribution in [3.05, 3.63) is 106 Å². The first kappa shape index (κ1) is 26.5. The van der Waals surface area contributed by atoms with E-state index < -0.39 is 16.9 Å². The zero-order valence-corrected chi connectivity index (χ0v) is 24.2. The van der Waals surface area contributed by atoms with Gasteiger partial charge in [0.05, 0.1) is 27.7 Å². The van der Waals surface area contributed by atoms with Crippen LogP contribution in [0.4, 0.5) is 0 Å². The maximum absolute atomic E-state index is 14.5. The number of aliphatic carboxylic acids is 1. The number of fused-ring (bicyclic) bond motifs is 3. The molecule has 1 aromatic heterocycles. The summed E-state index contributed by atoms with van der Waals surface area (Å²) in [5.41, 5.74) is 5.46. The summed E-state index contributed by atoms with van der Waals surface area (Å²) in [5.74, 6) is -0.947. The van der Waals surface area contributed by atoms with Gasteiger partial charge in [0.25, 0.3) is 5.91 Å². The Bertz CT molecular complexity index is 1680. The summed E-state index contributed by atoms with van der Waals surface area (Å²) in [6, 6.07) is 23.9. The molecule has 202 valence electrons. The Morgan fingerprint density at radius 2 is 1.68 bits per heavy atom. The predicted octanol–water partition coefficient (Wildman–Crippen LogP) is 7.75. The number of carbonyl (C=O) groups is 2. The molecule has 40 heavy (non-hydrogen) atoms. The lowest BCUT2D eigenvalue weighted by Crippen LogP contribution is -2.57. The highest BCUT2D eigenvalue weighted by atomic mass is 79.9. The number of rotatable bonds is 6. The molecule has 3 aliphatic rings. The molecule has 0 saturated heterocycles. The number of pyridine rings is 1. The minimum atomic E-state index is -0.896. The molecule has 2 N–H and O–H groups in total. The zero-order chi connectivity index (χ0) is 28.1. The smallest absolute Gasteiger partial charge is 0.313 e. The van der Waals surface area contributed by atoms with Gasteiger partial charge in [0.15, 0.2) is 0 Å². The minimum Gasteiger partial charge on any atom is -0.481 e. The van der Waals surface area contributed by atoms with E-state index in [0.29, 0.717) is 31.2 Å². The number of aryl methyl sites for hydroxylation is 1. The molecular formula is C34H31BrN2O3. The van der Waals surface area contributed by atoms with Crippen LogP contribution in [0.25, 0.3) is 27.7 Å². The van der Waals surface area contributed by atoms with Crippen molar-refractivity contribution in [1.82, 2.24) is 10.3 Å². The Morgan fingerprint density at radius 3 is 2.38 bits per heavy atom. The number of carbonyl (C=O) groups excluding carboxylic acids is 1. The molecule has 1 amide bonds. The lowest BCUT2D eigenvalue weighted by atomic mass is 9.57. The number of carboxylic acid groups (broad SMARTS) is 1. The summed E-state index contributed by atoms with van der Waals surface area (Å²) < 4.78 is 0.875. The third-order valence-electron chi connectivity index (χ3n) is 8.86. The monoisotopic (exact) mass is 594 g/mol. The number of carboxylic acids is 1. The van der Waals surface area contributed by atoms with Crippen LogP contribution >= 0.6 is 15.9 Å². The summed E-state index contributed by atoms with van der Waals surface area (Å²) in [5, 5.41) is 14.5. The van der Waals surface area contributed by atoms with Gasteiger partial charge in [-0.2, -0.15) is 0 Å². The number of nitrogens with one attached hydrogen (secondary N) is 1. The van der Waals surface area contributed by atoms with Crippen molar-refractivity contribution in [2.24, 2.45) is 5.41 Å². The van der Waals surface area contributed by atoms with Crippen LogP contribution in [-0.2, 0) is 11.2 Å². The molecule has 7 rings (SSSR count). The van der Waals surface area contributed by atoms with Crippen molar-refractivity contribution >= 4 is 44.3 Å². The third-order valence-corrected chi connectivity index (χ3v) is 9.36. The van der Waals surface area contributed by atoms with Crippen LogP contribution in [0.3, 0.4) is 0 Å². The van der Waals surface area contributed by atoms with Crippen molar-refractivity contribution in [2.75, 3.05) is 0 Å². The SMILES string of the molecule is CCc1ccccc1C1=CC2(C(=O)O)CCC1(NC(=O)c1c(C)c(-c3ccccc3)nc3ccc(Br)cc13)CC2. The van der Waals surface area contributed by atoms with E-state index in [-0.39, 0.29) is 5.91 Å². The van der Waals surface area contributed by atoms with Crippen LogP contribution in [-0.4, -0.2) is 27.5 Å². The van der Waals surface area contributed by atoms with E-state index in [0.717, 1.165) is 55.3 Å². The van der Waals surface area contributed by atoms with Gasteiger partial charge in [-0.1, -0.05) is 83.5 Å². The number of aromatic nitrogens is 1. The highest BCUT2D eigenvalue weighted by Gasteiger charge is 2.54. The molecule has 0 aliphatic heterocycles. The molecule has 3 aromatic carbocycles. The van der Waals surface area contributed by atoms with E-state index >= 15 is 0 Å². The number of hydrogen-bond acceptors (Lipinski definition) is 3. The van der Waals surface area contributed by atoms with Gasteiger partial charge >= 0.3 is 5.97 Å². The molecule has 2 bridgehead atoms. The highest BCUT2D eigenvalue weighted by molar-refractivity contribution is 9.10. The number of hydrogen-bond donors (Lipinski definition) is 2. The number of halogens is 1. The van der Waals surface area contributed by atoms with Crippen molar-refractivity contribution in [2.45, 2.75) is 51.5 Å². The zero-order valence-electron chi connectivity index (χ0n) is 22.6. The summed E-state index contributed by atoms with van der Waals surface area (Å²) in [6.07, 6.45) is 4.91. The molecule has 3 aliphatic carbocycles. The van der Waals surface area contributed by atoms with Gasteiger partial charge in [-0.15, -0.1) is 0 Å². The molecular weight excluding hydrogens is 564 g/mol. The molecule has 1 saturated carbocycles. The average Bonchev–Trinajstić information content (AvgIpc) is 2.97. The largest absolute Gasteiger partial charge is 0.481 e. The Balaban J connectivity index is 1.51. The molecule has 0 spiro atoms. The lowest BCUT2D eigenvalue weighted by Gasteiger charge is -2.51. The Hall–Kier alpha value is -3.77. The fourth-order valence-corrected chi connectivity index (χ4v) is 6.99. The maximum atomic E-state index is 14.5. The van der Waals surface area contributed by atoms with E-state index in [1.807, 2.05) is 73.7 Å². The van der Waals surface area contributed by atoms with Crippen LogP contribution in [0.5, 0.6) is 0 Å². The van der Waals surface area contributed by atoms with Crippen molar-refractivity contribution in [1.29, 1.82) is 0 Å². The third kappa shape index (κ3) is 4.26. The average molecular weight is 596 g/mol. The van der Waals surface area contributed by atoms with Gasteiger partial charge < -0.3 is 10.4 Å². The second-order valence-corrected chi connectivity index (χ2v) is 12.0. The second kappa shape index (κ2) is 10.0. The van der Waals surface area contributed by atoms with Gasteiger partial charge in [0, 0.05) is 15.4 Å². The fraction of sp³-hybridized carbons (Fsp3) is 0.265. The molecule has 0 atom stereocenters. The minimum absolute atomic E-state index is 0.162. The van der Waals surface area contributed by atoms with E-state index in [4.69, 9.17) is 4.98 Å². The summed E-state index contributed by atoms with van der Waals surface area (Å²) >= 11 is 3.58. The highest BCUT2D eigenvalue weighted by Crippen LogP contribution is 2.55. The number of amides is 1. The van der Waals surface area contributed by atoms with E-state index in [1.54, 1.807) is 0 Å². The Kier molecular flexibility index (Phi) is 6.62. The van der Waals surface area contributed by atoms with E-state index in [2.05, 4.69) is 40.3 Å². The molecule has 6 heteroatoms. The van der Waals surface area contributed by atoms with Crippen LogP contribution in [0, 0.1) is 12.3 Å². The van der Waals surface area contributed by atoms with E-state index in [1.165, 1.54) is 0 Å². The Labute approximate surface area is 242 Å². The van der Waals surface area contributed by atoms with Gasteiger partial charge in [-0.3, -0.25) is 9.59 Å². The molecule has 1 heterocycles. The first-order valence-corrected chi connectivity index (χ1v) is 14.6. The predicted molar refractivity (Wildman–Crippen MR) is 162 cm³/mol. The lowest BCUT2D eigenvalue weighted by molar-refractivity contribution is -0.148. The summed E-state index contributed by atoms with van der Waals surface area (Å²) in [6.45, 7) is 4.07. The Morgan fingerprint density at radius 1 is 0.975 bits per heavy atom. The van der Waals surface area contributed by atoms with Gasteiger partial charge in [0.2, 0.25) is 0 Å². The number of benzene rings is 3. The molecule has 1 fully saturated rings. The molecule has 4 aromatic rings.